The maximum Gasteiger partial charge on any atom is 0.0406 e. The molecule has 2 N–H and O–H groups in total. The van der Waals surface area contributed by atoms with Crippen LogP contribution in [0.1, 0.15) is 50.5 Å². The third-order valence-corrected chi connectivity index (χ3v) is 5.89. The summed E-state index contributed by atoms with van der Waals surface area (Å²) in [5.41, 5.74) is 7.82. The predicted octanol–water partition coefficient (Wildman–Crippen LogP) is 4.46. The molecule has 1 aliphatic heterocycles. The van der Waals surface area contributed by atoms with Gasteiger partial charge in [0.1, 0.15) is 0 Å². The van der Waals surface area contributed by atoms with Gasteiger partial charge in [0.2, 0.25) is 0 Å². The van der Waals surface area contributed by atoms with Gasteiger partial charge in [-0.1, -0.05) is 36.6 Å². The zero-order valence-corrected chi connectivity index (χ0v) is 14.3. The molecule has 0 bridgehead atoms. The monoisotopic (exact) mass is 320 g/mol. The van der Waals surface area contributed by atoms with Crippen molar-refractivity contribution in [1.29, 1.82) is 0 Å². The first-order chi connectivity index (χ1) is 10.7. The maximum absolute atomic E-state index is 6.46. The van der Waals surface area contributed by atoms with Crippen LogP contribution < -0.4 is 5.73 Å². The number of rotatable bonds is 5. The Kier molecular flexibility index (Phi) is 5.78. The average molecular weight is 321 g/mol. The summed E-state index contributed by atoms with van der Waals surface area (Å²) < 4.78 is 0. The summed E-state index contributed by atoms with van der Waals surface area (Å²) in [6.45, 7) is 3.48. The number of piperidine rings is 1. The Balaban J connectivity index is 1.41. The van der Waals surface area contributed by atoms with Crippen molar-refractivity contribution in [3.63, 3.8) is 0 Å². The molecule has 1 atom stereocenters. The number of nitrogens with two attached hydrogens (primary N) is 1. The molecular weight excluding hydrogens is 292 g/mol. The molecule has 1 aliphatic carbocycles. The molecule has 1 heterocycles. The fourth-order valence-corrected chi connectivity index (χ4v) is 4.32. The van der Waals surface area contributed by atoms with Crippen LogP contribution in [0, 0.1) is 11.8 Å². The highest BCUT2D eigenvalue weighted by molar-refractivity contribution is 6.30. The second-order valence-corrected chi connectivity index (χ2v) is 7.73. The highest BCUT2D eigenvalue weighted by Crippen LogP contribution is 2.31. The second kappa shape index (κ2) is 7.81. The van der Waals surface area contributed by atoms with E-state index in [0.717, 1.165) is 23.4 Å². The van der Waals surface area contributed by atoms with Crippen molar-refractivity contribution in [1.82, 2.24) is 4.90 Å². The van der Waals surface area contributed by atoms with E-state index in [0.29, 0.717) is 6.04 Å². The molecule has 3 heteroatoms. The van der Waals surface area contributed by atoms with Gasteiger partial charge in [-0.15, -0.1) is 0 Å². The van der Waals surface area contributed by atoms with Crippen molar-refractivity contribution >= 4 is 11.6 Å². The summed E-state index contributed by atoms with van der Waals surface area (Å²) >= 11 is 5.95. The molecule has 22 heavy (non-hydrogen) atoms. The smallest absolute Gasteiger partial charge is 0.0406 e. The first-order valence-corrected chi connectivity index (χ1v) is 9.31. The summed E-state index contributed by atoms with van der Waals surface area (Å²) in [5, 5.41) is 0.823. The Morgan fingerprint density at radius 2 is 1.68 bits per heavy atom. The molecule has 1 saturated carbocycles. The number of halogens is 1. The minimum atomic E-state index is 0.454. The molecule has 0 amide bonds. The number of benzene rings is 1. The van der Waals surface area contributed by atoms with Crippen LogP contribution in [0.3, 0.4) is 0 Å². The Morgan fingerprint density at radius 3 is 2.32 bits per heavy atom. The lowest BCUT2D eigenvalue weighted by Gasteiger charge is -2.34. The second-order valence-electron chi connectivity index (χ2n) is 7.29. The van der Waals surface area contributed by atoms with E-state index in [9.17, 15) is 0 Å². The molecule has 1 aromatic carbocycles. The summed E-state index contributed by atoms with van der Waals surface area (Å²) in [4.78, 5) is 2.57. The number of hydrogen-bond donors (Lipinski definition) is 1. The van der Waals surface area contributed by atoms with Gasteiger partial charge in [0.15, 0.2) is 0 Å². The average Bonchev–Trinajstić information content (AvgIpc) is 3.06. The lowest BCUT2D eigenvalue weighted by Crippen LogP contribution is -2.37. The van der Waals surface area contributed by atoms with E-state index in [2.05, 4.69) is 17.0 Å². The number of hydrogen-bond acceptors (Lipinski definition) is 2. The molecule has 0 radical (unpaired) electrons. The van der Waals surface area contributed by atoms with Crippen LogP contribution in [0.4, 0.5) is 0 Å². The van der Waals surface area contributed by atoms with Crippen molar-refractivity contribution in [2.24, 2.45) is 17.6 Å². The van der Waals surface area contributed by atoms with Gasteiger partial charge in [-0.2, -0.15) is 0 Å². The molecule has 2 nitrogen and oxygen atoms in total. The summed E-state index contributed by atoms with van der Waals surface area (Å²) in [6, 6.07) is 8.72. The van der Waals surface area contributed by atoms with Crippen LogP contribution in [0.2, 0.25) is 5.02 Å². The van der Waals surface area contributed by atoms with Crippen molar-refractivity contribution in [3.8, 4) is 0 Å². The van der Waals surface area contributed by atoms with Crippen molar-refractivity contribution in [3.05, 3.63) is 34.9 Å². The normalized spacial score (nSPS) is 23.0. The van der Waals surface area contributed by atoms with E-state index in [-0.39, 0.29) is 0 Å². The van der Waals surface area contributed by atoms with Gasteiger partial charge < -0.3 is 5.73 Å². The van der Waals surface area contributed by atoms with Gasteiger partial charge in [0.25, 0.3) is 0 Å². The van der Waals surface area contributed by atoms with E-state index in [1.165, 1.54) is 63.6 Å². The largest absolute Gasteiger partial charge is 0.327 e. The molecule has 2 aliphatic rings. The predicted molar refractivity (Wildman–Crippen MR) is 94.0 cm³/mol. The first kappa shape index (κ1) is 16.3. The highest BCUT2D eigenvalue weighted by atomic mass is 35.5. The van der Waals surface area contributed by atoms with Gasteiger partial charge in [0.05, 0.1) is 0 Å². The Labute approximate surface area is 140 Å². The Bertz CT molecular complexity index is 445. The highest BCUT2D eigenvalue weighted by Gasteiger charge is 2.26. The molecular formula is C19H29ClN2. The van der Waals surface area contributed by atoms with Crippen LogP contribution >= 0.6 is 11.6 Å². The summed E-state index contributed by atoms with van der Waals surface area (Å²) in [7, 11) is 0. The first-order valence-electron chi connectivity index (χ1n) is 8.93. The maximum atomic E-state index is 6.46. The minimum Gasteiger partial charge on any atom is -0.327 e. The van der Waals surface area contributed by atoms with Gasteiger partial charge in [-0.05, 0) is 74.7 Å². The molecule has 3 rings (SSSR count). The zero-order valence-electron chi connectivity index (χ0n) is 13.5. The third-order valence-electron chi connectivity index (χ3n) is 5.64. The molecule has 1 unspecified atom stereocenters. The van der Waals surface area contributed by atoms with Gasteiger partial charge in [-0.25, -0.2) is 0 Å². The molecule has 122 valence electrons. The van der Waals surface area contributed by atoms with Crippen molar-refractivity contribution < 1.29 is 0 Å². The lowest BCUT2D eigenvalue weighted by atomic mass is 9.85. The van der Waals surface area contributed by atoms with Crippen LogP contribution in [0.5, 0.6) is 0 Å². The van der Waals surface area contributed by atoms with E-state index in [4.69, 9.17) is 17.3 Å². The van der Waals surface area contributed by atoms with Gasteiger partial charge >= 0.3 is 0 Å². The van der Waals surface area contributed by atoms with Crippen LogP contribution in [-0.2, 0) is 6.54 Å². The Morgan fingerprint density at radius 1 is 1.05 bits per heavy atom. The SMILES string of the molecule is NC(CC1CCN(Cc2ccc(Cl)cc2)CC1)C1CCCC1. The summed E-state index contributed by atoms with van der Waals surface area (Å²) in [6.07, 6.45) is 9.42. The third kappa shape index (κ3) is 4.47. The van der Waals surface area contributed by atoms with Crippen molar-refractivity contribution in [2.75, 3.05) is 13.1 Å². The van der Waals surface area contributed by atoms with Gasteiger partial charge in [0, 0.05) is 17.6 Å². The molecule has 2 fully saturated rings. The topological polar surface area (TPSA) is 29.3 Å². The van der Waals surface area contributed by atoms with E-state index < -0.39 is 0 Å². The standard InChI is InChI=1S/C19H29ClN2/c20-18-7-5-16(6-8-18)14-22-11-9-15(10-12-22)13-19(21)17-3-1-2-4-17/h5-8,15,17,19H,1-4,9-14,21H2. The fourth-order valence-electron chi connectivity index (χ4n) is 4.19. The quantitative estimate of drug-likeness (QED) is 0.868. The Hall–Kier alpha value is -0.570. The van der Waals surface area contributed by atoms with E-state index in [1.807, 2.05) is 12.1 Å². The van der Waals surface area contributed by atoms with E-state index >= 15 is 0 Å². The molecule has 0 spiro atoms. The van der Waals surface area contributed by atoms with Crippen LogP contribution in [-0.4, -0.2) is 24.0 Å². The van der Waals surface area contributed by atoms with Crippen molar-refractivity contribution in [2.45, 2.75) is 57.5 Å². The number of likely N-dealkylation sites (tertiary alicyclic amines) is 1. The van der Waals surface area contributed by atoms with Gasteiger partial charge in [-0.3, -0.25) is 4.90 Å². The fraction of sp³-hybridized carbons (Fsp3) is 0.684. The molecule has 0 aromatic heterocycles. The number of nitrogens with zero attached hydrogens (tertiary/aromatic N) is 1. The zero-order chi connectivity index (χ0) is 15.4. The summed E-state index contributed by atoms with van der Waals surface area (Å²) in [5.74, 6) is 1.66. The van der Waals surface area contributed by atoms with Crippen LogP contribution in [0.25, 0.3) is 0 Å². The molecule has 1 saturated heterocycles. The van der Waals surface area contributed by atoms with E-state index in [1.54, 1.807) is 0 Å². The van der Waals surface area contributed by atoms with Crippen LogP contribution in [0.15, 0.2) is 24.3 Å². The molecule has 1 aromatic rings. The lowest BCUT2D eigenvalue weighted by molar-refractivity contribution is 0.162. The minimum absolute atomic E-state index is 0.454.